The highest BCUT2D eigenvalue weighted by Crippen LogP contribution is 2.15. The number of phenolic OH excluding ortho intramolecular Hbond substituents is 1. The van der Waals surface area contributed by atoms with Gasteiger partial charge in [-0.2, -0.15) is 0 Å². The quantitative estimate of drug-likeness (QED) is 0.713. The Morgan fingerprint density at radius 2 is 1.93 bits per heavy atom. The van der Waals surface area contributed by atoms with Gasteiger partial charge in [0.05, 0.1) is 12.1 Å². The fourth-order valence-corrected chi connectivity index (χ4v) is 2.51. The molecule has 0 aliphatic rings. The molecule has 150 valence electrons. The number of nitrogens with one attached hydrogen (secondary N) is 1. The summed E-state index contributed by atoms with van der Waals surface area (Å²) in [5, 5.41) is 12.5. The van der Waals surface area contributed by atoms with E-state index < -0.39 is 11.7 Å². The van der Waals surface area contributed by atoms with E-state index in [-0.39, 0.29) is 17.2 Å². The van der Waals surface area contributed by atoms with Gasteiger partial charge in [0.15, 0.2) is 0 Å². The van der Waals surface area contributed by atoms with Crippen LogP contribution >= 0.6 is 0 Å². The zero-order valence-electron chi connectivity index (χ0n) is 16.5. The number of rotatable bonds is 7. The maximum atomic E-state index is 12.5. The Morgan fingerprint density at radius 1 is 1.18 bits per heavy atom. The van der Waals surface area contributed by atoms with E-state index in [2.05, 4.69) is 10.3 Å². The van der Waals surface area contributed by atoms with Crippen LogP contribution in [0.15, 0.2) is 48.8 Å². The molecule has 2 rings (SSSR count). The first kappa shape index (κ1) is 21.2. The summed E-state index contributed by atoms with van der Waals surface area (Å²) in [4.78, 5) is 30.3. The molecule has 0 atom stereocenters. The topological polar surface area (TPSA) is 91.8 Å². The first-order valence-corrected chi connectivity index (χ1v) is 9.19. The number of ether oxygens (including phenoxy) is 1. The predicted molar refractivity (Wildman–Crippen MR) is 106 cm³/mol. The van der Waals surface area contributed by atoms with Crippen LogP contribution in [0.1, 0.15) is 43.1 Å². The first-order chi connectivity index (χ1) is 13.3. The van der Waals surface area contributed by atoms with E-state index in [0.29, 0.717) is 26.1 Å². The lowest BCUT2D eigenvalue weighted by Crippen LogP contribution is -2.38. The highest BCUT2D eigenvalue weighted by molar-refractivity contribution is 5.96. The van der Waals surface area contributed by atoms with Crippen LogP contribution in [0, 0.1) is 0 Å². The molecule has 1 aromatic heterocycles. The molecule has 0 aliphatic heterocycles. The van der Waals surface area contributed by atoms with Crippen LogP contribution in [0.4, 0.5) is 4.79 Å². The van der Waals surface area contributed by atoms with Crippen LogP contribution in [0.5, 0.6) is 5.75 Å². The van der Waals surface area contributed by atoms with Crippen LogP contribution < -0.4 is 5.32 Å². The van der Waals surface area contributed by atoms with E-state index in [1.807, 2.05) is 32.9 Å². The van der Waals surface area contributed by atoms with Gasteiger partial charge in [0, 0.05) is 25.5 Å². The van der Waals surface area contributed by atoms with Gasteiger partial charge in [-0.05, 0) is 51.0 Å². The van der Waals surface area contributed by atoms with Crippen molar-refractivity contribution in [3.63, 3.8) is 0 Å². The van der Waals surface area contributed by atoms with Gasteiger partial charge in [-0.15, -0.1) is 0 Å². The van der Waals surface area contributed by atoms with E-state index in [4.69, 9.17) is 4.74 Å². The number of carbonyl (C=O) groups excluding carboxylic acids is 2. The average molecular weight is 385 g/mol. The Kier molecular flexibility index (Phi) is 7.37. The van der Waals surface area contributed by atoms with Gasteiger partial charge >= 0.3 is 6.09 Å². The molecule has 2 N–H and O–H groups in total. The molecule has 7 nitrogen and oxygen atoms in total. The molecule has 0 saturated carbocycles. The second kappa shape index (κ2) is 9.73. The lowest BCUT2D eigenvalue weighted by atomic mass is 10.2. The molecule has 0 saturated heterocycles. The van der Waals surface area contributed by atoms with Gasteiger partial charge < -0.3 is 20.1 Å². The van der Waals surface area contributed by atoms with Crippen LogP contribution in [0.3, 0.4) is 0 Å². The molecule has 1 heterocycles. The van der Waals surface area contributed by atoms with Gasteiger partial charge in [0.2, 0.25) is 0 Å². The van der Waals surface area contributed by atoms with E-state index in [1.165, 1.54) is 6.07 Å². The van der Waals surface area contributed by atoms with Crippen molar-refractivity contribution in [2.45, 2.75) is 39.3 Å². The Labute approximate surface area is 165 Å². The lowest BCUT2D eigenvalue weighted by molar-refractivity contribution is 0.0232. The van der Waals surface area contributed by atoms with Crippen molar-refractivity contribution < 1.29 is 19.4 Å². The number of para-hydroxylation sites is 1. The molecule has 0 fully saturated rings. The fraction of sp³-hybridized carbons (Fsp3) is 0.381. The third kappa shape index (κ3) is 6.90. The Hall–Kier alpha value is -3.09. The maximum Gasteiger partial charge on any atom is 0.410 e. The summed E-state index contributed by atoms with van der Waals surface area (Å²) < 4.78 is 5.48. The van der Waals surface area contributed by atoms with Crippen LogP contribution in [-0.4, -0.2) is 45.7 Å². The first-order valence-electron chi connectivity index (χ1n) is 9.19. The van der Waals surface area contributed by atoms with Gasteiger partial charge in [-0.25, -0.2) is 4.79 Å². The molecule has 2 aromatic rings. The minimum absolute atomic E-state index is 0.0630. The SMILES string of the molecule is CC(C)(C)OC(=O)N(CCCNC(=O)c1ccccc1O)Cc1cccnc1. The second-order valence-corrected chi connectivity index (χ2v) is 7.39. The van der Waals surface area contributed by atoms with Crippen molar-refractivity contribution in [3.05, 3.63) is 59.9 Å². The lowest BCUT2D eigenvalue weighted by Gasteiger charge is -2.27. The van der Waals surface area contributed by atoms with Crippen LogP contribution in [-0.2, 0) is 11.3 Å². The number of hydrogen-bond donors (Lipinski definition) is 2. The van der Waals surface area contributed by atoms with Crippen molar-refractivity contribution >= 4 is 12.0 Å². The van der Waals surface area contributed by atoms with E-state index in [9.17, 15) is 14.7 Å². The maximum absolute atomic E-state index is 12.5. The second-order valence-electron chi connectivity index (χ2n) is 7.39. The number of amides is 2. The number of aromatic hydroxyl groups is 1. The zero-order chi connectivity index (χ0) is 20.6. The summed E-state index contributed by atoms with van der Waals surface area (Å²) in [6.07, 6.45) is 3.51. The minimum atomic E-state index is -0.594. The molecule has 0 aliphatic carbocycles. The zero-order valence-corrected chi connectivity index (χ0v) is 16.5. The molecule has 1 aromatic carbocycles. The van der Waals surface area contributed by atoms with Crippen molar-refractivity contribution in [3.8, 4) is 5.75 Å². The molecule has 0 unspecified atom stereocenters. The van der Waals surface area contributed by atoms with Crippen molar-refractivity contribution in [2.24, 2.45) is 0 Å². The smallest absolute Gasteiger partial charge is 0.410 e. The summed E-state index contributed by atoms with van der Waals surface area (Å²) in [6, 6.07) is 10.1. The van der Waals surface area contributed by atoms with Gasteiger partial charge in [0.25, 0.3) is 5.91 Å². The summed E-state index contributed by atoms with van der Waals surface area (Å²) in [7, 11) is 0. The summed E-state index contributed by atoms with van der Waals surface area (Å²) in [5.41, 5.74) is 0.525. The number of carbonyl (C=O) groups is 2. The van der Waals surface area contributed by atoms with Gasteiger partial charge in [-0.1, -0.05) is 18.2 Å². The van der Waals surface area contributed by atoms with Crippen molar-refractivity contribution in [2.75, 3.05) is 13.1 Å². The molecular weight excluding hydrogens is 358 g/mol. The van der Waals surface area contributed by atoms with E-state index in [1.54, 1.807) is 35.5 Å². The largest absolute Gasteiger partial charge is 0.507 e. The summed E-state index contributed by atoms with van der Waals surface area (Å²) in [5.74, 6) is -0.416. The van der Waals surface area contributed by atoms with Gasteiger partial charge in [-0.3, -0.25) is 9.78 Å². The molecule has 7 heteroatoms. The Bertz CT molecular complexity index is 788. The molecule has 0 radical (unpaired) electrons. The van der Waals surface area contributed by atoms with E-state index in [0.717, 1.165) is 5.56 Å². The Morgan fingerprint density at radius 3 is 2.57 bits per heavy atom. The number of aromatic nitrogens is 1. The van der Waals surface area contributed by atoms with E-state index >= 15 is 0 Å². The average Bonchev–Trinajstić information content (AvgIpc) is 2.63. The number of phenols is 1. The number of nitrogens with zero attached hydrogens (tertiary/aromatic N) is 2. The fourth-order valence-electron chi connectivity index (χ4n) is 2.51. The minimum Gasteiger partial charge on any atom is -0.507 e. The number of hydrogen-bond acceptors (Lipinski definition) is 5. The monoisotopic (exact) mass is 385 g/mol. The molecule has 0 spiro atoms. The van der Waals surface area contributed by atoms with Crippen LogP contribution in [0.25, 0.3) is 0 Å². The molecule has 0 bridgehead atoms. The third-order valence-electron chi connectivity index (χ3n) is 3.79. The van der Waals surface area contributed by atoms with Crippen molar-refractivity contribution in [1.82, 2.24) is 15.2 Å². The number of benzene rings is 1. The molecule has 28 heavy (non-hydrogen) atoms. The highest BCUT2D eigenvalue weighted by atomic mass is 16.6. The molecular formula is C21H27N3O4. The normalized spacial score (nSPS) is 11.0. The third-order valence-corrected chi connectivity index (χ3v) is 3.79. The van der Waals surface area contributed by atoms with Crippen molar-refractivity contribution in [1.29, 1.82) is 0 Å². The molecule has 2 amide bonds. The standard InChI is InChI=1S/C21H27N3O4/c1-21(2,3)28-20(27)24(15-16-8-6-11-22-14-16)13-7-12-23-19(26)17-9-4-5-10-18(17)25/h4-6,8-11,14,25H,7,12-13,15H2,1-3H3,(H,23,26). The van der Waals surface area contributed by atoms with Crippen LogP contribution in [0.2, 0.25) is 0 Å². The highest BCUT2D eigenvalue weighted by Gasteiger charge is 2.22. The summed E-state index contributed by atoms with van der Waals surface area (Å²) >= 11 is 0. The van der Waals surface area contributed by atoms with Gasteiger partial charge in [0.1, 0.15) is 11.4 Å². The summed E-state index contributed by atoms with van der Waals surface area (Å²) in [6.45, 7) is 6.60. The number of pyridine rings is 1. The predicted octanol–water partition coefficient (Wildman–Crippen LogP) is 3.34. The Balaban J connectivity index is 1.91.